The van der Waals surface area contributed by atoms with Gasteiger partial charge >= 0.3 is 0 Å². The molecule has 0 bridgehead atoms. The lowest BCUT2D eigenvalue weighted by Gasteiger charge is -2.19. The Morgan fingerprint density at radius 1 is 1.21 bits per heavy atom. The third-order valence-electron chi connectivity index (χ3n) is 3.62. The zero-order valence-corrected chi connectivity index (χ0v) is 15.1. The average molecular weight is 360 g/mol. The Morgan fingerprint density at radius 3 is 2.75 bits per heavy atom. The lowest BCUT2D eigenvalue weighted by molar-refractivity contribution is 0.387. The first-order chi connectivity index (χ1) is 11.5. The van der Waals surface area contributed by atoms with Crippen molar-refractivity contribution in [1.29, 1.82) is 0 Å². The second-order valence-electron chi connectivity index (χ2n) is 5.61. The van der Waals surface area contributed by atoms with Gasteiger partial charge < -0.3 is 10.3 Å². The minimum absolute atomic E-state index is 0.0378. The third-order valence-corrected chi connectivity index (χ3v) is 5.13. The highest BCUT2D eigenvalue weighted by Crippen LogP contribution is 2.41. The first kappa shape index (κ1) is 16.9. The lowest BCUT2D eigenvalue weighted by atomic mass is 10.0. The highest BCUT2D eigenvalue weighted by Gasteiger charge is 2.19. The molecule has 24 heavy (non-hydrogen) atoms. The van der Waals surface area contributed by atoms with Gasteiger partial charge in [-0.15, -0.1) is 11.8 Å². The quantitative estimate of drug-likeness (QED) is 0.653. The van der Waals surface area contributed by atoms with Gasteiger partial charge in [0.25, 0.3) is 0 Å². The maximum Gasteiger partial charge on any atom is 0.236 e. The minimum atomic E-state index is 0.0378. The van der Waals surface area contributed by atoms with Crippen molar-refractivity contribution in [2.24, 2.45) is 0 Å². The summed E-state index contributed by atoms with van der Waals surface area (Å²) in [7, 11) is 0. The van der Waals surface area contributed by atoms with E-state index in [0.717, 1.165) is 11.3 Å². The molecule has 124 valence electrons. The van der Waals surface area contributed by atoms with Crippen molar-refractivity contribution in [3.63, 3.8) is 0 Å². The molecule has 0 aliphatic carbocycles. The maximum absolute atomic E-state index is 6.22. The number of rotatable bonds is 5. The Kier molecular flexibility index (Phi) is 5.11. The van der Waals surface area contributed by atoms with E-state index < -0.39 is 0 Å². The number of nitrogens with zero attached hydrogens (tertiary/aromatic N) is 2. The van der Waals surface area contributed by atoms with Crippen LogP contribution in [0.5, 0.6) is 0 Å². The number of nitrogens with two attached hydrogens (primary N) is 1. The van der Waals surface area contributed by atoms with Crippen molar-refractivity contribution in [1.82, 2.24) is 10.1 Å². The van der Waals surface area contributed by atoms with Crippen LogP contribution in [0.4, 0.5) is 5.69 Å². The molecule has 1 aromatic heterocycles. The molecule has 0 spiro atoms. The zero-order chi connectivity index (χ0) is 17.1. The molecule has 1 heterocycles. The van der Waals surface area contributed by atoms with Crippen LogP contribution in [0.25, 0.3) is 0 Å². The van der Waals surface area contributed by atoms with Crippen molar-refractivity contribution in [3.8, 4) is 0 Å². The van der Waals surface area contributed by atoms with Crippen LogP contribution in [0.1, 0.15) is 33.7 Å². The fourth-order valence-corrected chi connectivity index (χ4v) is 3.85. The molecule has 4 nitrogen and oxygen atoms in total. The summed E-state index contributed by atoms with van der Waals surface area (Å²) in [6, 6.07) is 14.0. The molecule has 0 aliphatic rings. The van der Waals surface area contributed by atoms with E-state index >= 15 is 0 Å². The standard InChI is InChI=1S/C18H18ClN3OS/c1-11-4-3-5-13(8-11)18(15-9-14(19)6-7-16(15)20)24-10-17-21-12(2)22-23-17/h3-9,18H,10,20H2,1-2H3. The molecule has 2 N–H and O–H groups in total. The number of halogens is 1. The largest absolute Gasteiger partial charge is 0.398 e. The van der Waals surface area contributed by atoms with Gasteiger partial charge in [0, 0.05) is 10.7 Å². The summed E-state index contributed by atoms with van der Waals surface area (Å²) in [6.45, 7) is 3.89. The zero-order valence-electron chi connectivity index (χ0n) is 13.5. The first-order valence-corrected chi connectivity index (χ1v) is 8.98. The maximum atomic E-state index is 6.22. The Balaban J connectivity index is 1.95. The van der Waals surface area contributed by atoms with E-state index in [1.165, 1.54) is 11.1 Å². The molecule has 0 fully saturated rings. The molecular formula is C18H18ClN3OS. The van der Waals surface area contributed by atoms with Gasteiger partial charge in [-0.3, -0.25) is 0 Å². The van der Waals surface area contributed by atoms with Crippen LogP contribution in [-0.4, -0.2) is 10.1 Å². The number of hydrogen-bond acceptors (Lipinski definition) is 5. The van der Waals surface area contributed by atoms with Crippen LogP contribution < -0.4 is 5.73 Å². The number of benzene rings is 2. The molecular weight excluding hydrogens is 342 g/mol. The SMILES string of the molecule is Cc1cccc(C(SCc2nc(C)no2)c2cc(Cl)ccc2N)c1. The van der Waals surface area contributed by atoms with Crippen molar-refractivity contribution >= 4 is 29.1 Å². The molecule has 0 amide bonds. The predicted octanol–water partition coefficient (Wildman–Crippen LogP) is 4.94. The first-order valence-electron chi connectivity index (χ1n) is 7.55. The van der Waals surface area contributed by atoms with Crippen molar-refractivity contribution < 1.29 is 4.52 Å². The number of thioether (sulfide) groups is 1. The summed E-state index contributed by atoms with van der Waals surface area (Å²) in [5, 5.41) is 4.55. The number of nitrogen functional groups attached to an aromatic ring is 1. The predicted molar refractivity (Wildman–Crippen MR) is 99.2 cm³/mol. The van der Waals surface area contributed by atoms with E-state index in [1.54, 1.807) is 17.8 Å². The Bertz CT molecular complexity index is 850. The summed E-state index contributed by atoms with van der Waals surface area (Å²) in [4.78, 5) is 4.27. The van der Waals surface area contributed by atoms with Crippen LogP contribution in [0.2, 0.25) is 5.02 Å². The fourth-order valence-electron chi connectivity index (χ4n) is 2.52. The van der Waals surface area contributed by atoms with Gasteiger partial charge in [0.05, 0.1) is 11.0 Å². The van der Waals surface area contributed by atoms with Crippen molar-refractivity contribution in [2.45, 2.75) is 24.9 Å². The average Bonchev–Trinajstić information content (AvgIpc) is 2.96. The minimum Gasteiger partial charge on any atom is -0.398 e. The number of hydrogen-bond donors (Lipinski definition) is 1. The van der Waals surface area contributed by atoms with E-state index in [9.17, 15) is 0 Å². The Labute approximate surface area is 150 Å². The summed E-state index contributed by atoms with van der Waals surface area (Å²) >= 11 is 7.89. The van der Waals surface area contributed by atoms with Gasteiger partial charge in [-0.25, -0.2) is 0 Å². The van der Waals surface area contributed by atoms with E-state index in [1.807, 2.05) is 19.1 Å². The number of aryl methyl sites for hydroxylation is 2. The molecule has 6 heteroatoms. The van der Waals surface area contributed by atoms with E-state index in [-0.39, 0.29) is 5.25 Å². The van der Waals surface area contributed by atoms with Crippen LogP contribution in [-0.2, 0) is 5.75 Å². The summed E-state index contributed by atoms with van der Waals surface area (Å²) in [6.07, 6.45) is 0. The molecule has 1 unspecified atom stereocenters. The van der Waals surface area contributed by atoms with E-state index in [2.05, 4.69) is 41.3 Å². The lowest BCUT2D eigenvalue weighted by Crippen LogP contribution is -2.03. The third kappa shape index (κ3) is 3.91. The van der Waals surface area contributed by atoms with E-state index in [0.29, 0.717) is 22.5 Å². The van der Waals surface area contributed by atoms with Crippen LogP contribution in [0.15, 0.2) is 47.0 Å². The highest BCUT2D eigenvalue weighted by molar-refractivity contribution is 7.98. The van der Waals surface area contributed by atoms with Crippen LogP contribution >= 0.6 is 23.4 Å². The highest BCUT2D eigenvalue weighted by atomic mass is 35.5. The second kappa shape index (κ2) is 7.28. The topological polar surface area (TPSA) is 64.9 Å². The van der Waals surface area contributed by atoms with Gasteiger partial charge in [0.2, 0.25) is 5.89 Å². The summed E-state index contributed by atoms with van der Waals surface area (Å²) in [5.74, 6) is 1.85. The van der Waals surface area contributed by atoms with E-state index in [4.69, 9.17) is 21.9 Å². The molecule has 1 atom stereocenters. The van der Waals surface area contributed by atoms with Gasteiger partial charge in [0.1, 0.15) is 0 Å². The molecule has 2 aromatic carbocycles. The van der Waals surface area contributed by atoms with Crippen LogP contribution in [0.3, 0.4) is 0 Å². The van der Waals surface area contributed by atoms with Crippen molar-refractivity contribution in [2.75, 3.05) is 5.73 Å². The fraction of sp³-hybridized carbons (Fsp3) is 0.222. The van der Waals surface area contributed by atoms with Gasteiger partial charge in [-0.05, 0) is 43.2 Å². The monoisotopic (exact) mass is 359 g/mol. The van der Waals surface area contributed by atoms with Gasteiger partial charge in [-0.1, -0.05) is 46.6 Å². The normalized spacial score (nSPS) is 12.3. The Morgan fingerprint density at radius 2 is 2.04 bits per heavy atom. The second-order valence-corrected chi connectivity index (χ2v) is 7.14. The van der Waals surface area contributed by atoms with Gasteiger partial charge in [-0.2, -0.15) is 4.98 Å². The molecule has 3 rings (SSSR count). The number of anilines is 1. The Hall–Kier alpha value is -1.98. The van der Waals surface area contributed by atoms with Gasteiger partial charge in [0.15, 0.2) is 5.82 Å². The molecule has 0 saturated heterocycles. The smallest absolute Gasteiger partial charge is 0.236 e. The molecule has 0 radical (unpaired) electrons. The molecule has 0 aliphatic heterocycles. The summed E-state index contributed by atoms with van der Waals surface area (Å²) < 4.78 is 5.22. The van der Waals surface area contributed by atoms with Crippen LogP contribution in [0, 0.1) is 13.8 Å². The summed E-state index contributed by atoms with van der Waals surface area (Å²) in [5.41, 5.74) is 10.3. The van der Waals surface area contributed by atoms with Crippen molar-refractivity contribution in [3.05, 3.63) is 75.9 Å². The molecule has 3 aromatic rings. The molecule has 0 saturated carbocycles. The number of aromatic nitrogens is 2.